The van der Waals surface area contributed by atoms with Gasteiger partial charge in [0.05, 0.1) is 16.8 Å². The summed E-state index contributed by atoms with van der Waals surface area (Å²) in [4.78, 5) is 0. The molecule has 0 bridgehead atoms. The second kappa shape index (κ2) is 5.47. The highest BCUT2D eigenvalue weighted by atomic mass is 19.1. The summed E-state index contributed by atoms with van der Waals surface area (Å²) >= 11 is 0. The summed E-state index contributed by atoms with van der Waals surface area (Å²) in [5.41, 5.74) is -1.47. The van der Waals surface area contributed by atoms with Crippen molar-refractivity contribution >= 4 is 12.6 Å². The minimum absolute atomic E-state index is 0.224. The molecule has 3 rings (SSSR count). The summed E-state index contributed by atoms with van der Waals surface area (Å²) in [6.45, 7) is 7.94. The van der Waals surface area contributed by atoms with Crippen molar-refractivity contribution in [2.45, 2.75) is 63.8 Å². The van der Waals surface area contributed by atoms with Gasteiger partial charge < -0.3 is 19.2 Å². The molecule has 6 heteroatoms. The summed E-state index contributed by atoms with van der Waals surface area (Å²) in [6.07, 6.45) is 2.51. The fraction of sp³-hybridized carbons (Fsp3) is 0.647. The van der Waals surface area contributed by atoms with E-state index in [9.17, 15) is 9.50 Å². The molecule has 1 aromatic rings. The summed E-state index contributed by atoms with van der Waals surface area (Å²) in [5, 5.41) is 10.1. The fourth-order valence-corrected chi connectivity index (χ4v) is 2.71. The number of hydrogen-bond donors (Lipinski definition) is 1. The van der Waals surface area contributed by atoms with E-state index in [1.165, 1.54) is 6.07 Å². The number of ether oxygens (including phenoxy) is 1. The van der Waals surface area contributed by atoms with Crippen LogP contribution in [0.25, 0.3) is 0 Å². The van der Waals surface area contributed by atoms with Crippen LogP contribution < -0.4 is 10.2 Å². The molecule has 0 amide bonds. The molecule has 1 aliphatic carbocycles. The second-order valence-corrected chi connectivity index (χ2v) is 7.64. The van der Waals surface area contributed by atoms with Crippen molar-refractivity contribution in [3.05, 3.63) is 24.0 Å². The van der Waals surface area contributed by atoms with Crippen LogP contribution in [-0.4, -0.2) is 35.6 Å². The lowest BCUT2D eigenvalue weighted by molar-refractivity contribution is -0.0663. The van der Waals surface area contributed by atoms with Gasteiger partial charge in [0.25, 0.3) is 0 Å². The van der Waals surface area contributed by atoms with Crippen LogP contribution in [0.3, 0.4) is 0 Å². The lowest BCUT2D eigenvalue weighted by Crippen LogP contribution is -2.42. The Labute approximate surface area is 137 Å². The third-order valence-electron chi connectivity index (χ3n) is 5.27. The predicted octanol–water partition coefficient (Wildman–Crippen LogP) is 2.42. The zero-order valence-electron chi connectivity index (χ0n) is 14.2. The van der Waals surface area contributed by atoms with E-state index in [-0.39, 0.29) is 6.61 Å². The smallest absolute Gasteiger partial charge is 0.491 e. The van der Waals surface area contributed by atoms with Crippen LogP contribution in [-0.2, 0) is 9.31 Å². The molecule has 126 valence electrons. The first-order valence-corrected chi connectivity index (χ1v) is 8.12. The number of halogens is 1. The highest BCUT2D eigenvalue weighted by Gasteiger charge is 2.52. The van der Waals surface area contributed by atoms with Gasteiger partial charge in [0.2, 0.25) is 0 Å². The molecule has 1 N–H and O–H groups in total. The summed E-state index contributed by atoms with van der Waals surface area (Å²) in [7, 11) is -0.768. The summed E-state index contributed by atoms with van der Waals surface area (Å²) in [5.74, 6) is 0.120. The zero-order valence-corrected chi connectivity index (χ0v) is 14.2. The van der Waals surface area contributed by atoms with Gasteiger partial charge in [0, 0.05) is 5.46 Å². The van der Waals surface area contributed by atoms with Gasteiger partial charge in [-0.15, -0.1) is 0 Å². The topological polar surface area (TPSA) is 47.9 Å². The van der Waals surface area contributed by atoms with Gasteiger partial charge in [-0.2, -0.15) is 0 Å². The Balaban J connectivity index is 1.76. The number of aliphatic hydroxyl groups is 1. The first-order chi connectivity index (χ1) is 10.6. The van der Waals surface area contributed by atoms with Gasteiger partial charge in [-0.25, -0.2) is 4.39 Å². The second-order valence-electron chi connectivity index (χ2n) is 7.64. The molecule has 2 aliphatic rings. The molecular formula is C17H24BFO4. The Morgan fingerprint density at radius 3 is 2.30 bits per heavy atom. The predicted molar refractivity (Wildman–Crippen MR) is 86.4 cm³/mol. The highest BCUT2D eigenvalue weighted by molar-refractivity contribution is 6.62. The van der Waals surface area contributed by atoms with Gasteiger partial charge in [0.15, 0.2) is 0 Å². The maximum Gasteiger partial charge on any atom is 0.497 e. The summed E-state index contributed by atoms with van der Waals surface area (Å²) in [6, 6.07) is 4.51. The third-order valence-corrected chi connectivity index (χ3v) is 5.27. The Morgan fingerprint density at radius 2 is 1.78 bits per heavy atom. The average molecular weight is 322 g/mol. The lowest BCUT2D eigenvalue weighted by Gasteiger charge is -2.36. The summed E-state index contributed by atoms with van der Waals surface area (Å²) < 4.78 is 31.6. The number of hydrogen-bond acceptors (Lipinski definition) is 4. The van der Waals surface area contributed by atoms with E-state index < -0.39 is 29.7 Å². The monoisotopic (exact) mass is 322 g/mol. The molecule has 4 nitrogen and oxygen atoms in total. The largest absolute Gasteiger partial charge is 0.497 e. The van der Waals surface area contributed by atoms with E-state index >= 15 is 0 Å². The third kappa shape index (κ3) is 3.12. The van der Waals surface area contributed by atoms with Gasteiger partial charge in [-0.1, -0.05) is 0 Å². The first kappa shape index (κ1) is 16.7. The van der Waals surface area contributed by atoms with Crippen molar-refractivity contribution in [3.63, 3.8) is 0 Å². The molecule has 1 saturated heterocycles. The van der Waals surface area contributed by atoms with Crippen molar-refractivity contribution in [3.8, 4) is 5.75 Å². The minimum atomic E-state index is -0.768. The molecule has 0 aromatic heterocycles. The number of benzene rings is 1. The van der Waals surface area contributed by atoms with E-state index in [4.69, 9.17) is 14.0 Å². The Bertz CT molecular complexity index is 582. The quantitative estimate of drug-likeness (QED) is 0.865. The van der Waals surface area contributed by atoms with Crippen LogP contribution in [0.4, 0.5) is 4.39 Å². The van der Waals surface area contributed by atoms with Crippen LogP contribution in [0.5, 0.6) is 5.75 Å². The molecule has 1 aliphatic heterocycles. The van der Waals surface area contributed by atoms with Crippen molar-refractivity contribution in [2.24, 2.45) is 0 Å². The molecule has 1 aromatic carbocycles. The van der Waals surface area contributed by atoms with E-state index in [0.29, 0.717) is 11.2 Å². The standard InChI is InChI=1S/C17H24BFO4/c1-15(2)16(3,4)23-18(22-15)13-10-12(6-7-14(13)19)21-11-17(20)8-5-9-17/h6-7,10,20H,5,8-9,11H2,1-4H3. The Morgan fingerprint density at radius 1 is 1.17 bits per heavy atom. The molecule has 0 atom stereocenters. The molecule has 0 unspecified atom stereocenters. The lowest BCUT2D eigenvalue weighted by atomic mass is 9.78. The van der Waals surface area contributed by atoms with E-state index in [2.05, 4.69) is 0 Å². The normalized spacial score (nSPS) is 24.3. The molecular weight excluding hydrogens is 298 g/mol. The van der Waals surface area contributed by atoms with E-state index in [1.807, 2.05) is 27.7 Å². The van der Waals surface area contributed by atoms with Gasteiger partial charge in [-0.05, 0) is 65.2 Å². The van der Waals surface area contributed by atoms with E-state index in [1.54, 1.807) is 12.1 Å². The van der Waals surface area contributed by atoms with Gasteiger partial charge >= 0.3 is 7.12 Å². The molecule has 0 spiro atoms. The molecule has 1 heterocycles. The SMILES string of the molecule is CC1(C)OB(c2cc(OCC3(O)CCC3)ccc2F)OC1(C)C. The van der Waals surface area contributed by atoms with Crippen molar-refractivity contribution in [1.82, 2.24) is 0 Å². The average Bonchev–Trinajstić information content (AvgIpc) is 2.64. The van der Waals surface area contributed by atoms with Crippen LogP contribution in [0.15, 0.2) is 18.2 Å². The number of rotatable bonds is 4. The molecule has 0 radical (unpaired) electrons. The Kier molecular flexibility index (Phi) is 3.98. The van der Waals surface area contributed by atoms with E-state index in [0.717, 1.165) is 19.3 Å². The molecule has 1 saturated carbocycles. The fourth-order valence-electron chi connectivity index (χ4n) is 2.71. The molecule has 2 fully saturated rings. The zero-order chi connectivity index (χ0) is 16.9. The highest BCUT2D eigenvalue weighted by Crippen LogP contribution is 2.37. The van der Waals surface area contributed by atoms with Crippen LogP contribution >= 0.6 is 0 Å². The van der Waals surface area contributed by atoms with Gasteiger partial charge in [0.1, 0.15) is 18.2 Å². The van der Waals surface area contributed by atoms with Crippen molar-refractivity contribution < 1.29 is 23.5 Å². The minimum Gasteiger partial charge on any atom is -0.491 e. The maximum absolute atomic E-state index is 14.2. The van der Waals surface area contributed by atoms with Crippen molar-refractivity contribution in [2.75, 3.05) is 6.61 Å². The molecule has 23 heavy (non-hydrogen) atoms. The van der Waals surface area contributed by atoms with Crippen molar-refractivity contribution in [1.29, 1.82) is 0 Å². The Hall–Kier alpha value is -1.11. The first-order valence-electron chi connectivity index (χ1n) is 8.12. The van der Waals surface area contributed by atoms with Crippen LogP contribution in [0.2, 0.25) is 0 Å². The van der Waals surface area contributed by atoms with Crippen LogP contribution in [0.1, 0.15) is 47.0 Å². The maximum atomic E-state index is 14.2. The van der Waals surface area contributed by atoms with Crippen LogP contribution in [0, 0.1) is 5.82 Å². The van der Waals surface area contributed by atoms with Gasteiger partial charge in [-0.3, -0.25) is 0 Å².